The minimum Gasteiger partial charge on any atom is -0.493 e. The highest BCUT2D eigenvalue weighted by molar-refractivity contribution is 5.98. The molecule has 1 aromatic heterocycles. The van der Waals surface area contributed by atoms with Gasteiger partial charge in [-0.15, -0.1) is 0 Å². The number of amides is 1. The van der Waals surface area contributed by atoms with Crippen LogP contribution in [0.25, 0.3) is 0 Å². The molecule has 1 aliphatic heterocycles. The van der Waals surface area contributed by atoms with E-state index in [9.17, 15) is 14.4 Å². The fourth-order valence-corrected chi connectivity index (χ4v) is 4.50. The lowest BCUT2D eigenvalue weighted by Crippen LogP contribution is -2.45. The standard InChI is InChI=1S/C29H38N2O9/c1-5-20-11-10-14-22(29(34)39-19(3)26(20)40-21-12-8-7-9-13-21)31-28(33)25-27(23(35-4)15-16-30-25)38-18-37-24(32)17-36-6-2/h7-9,12-13,15-16,19-20,22,26H,5-6,10-11,14,17-18H2,1-4H3,(H,31,33)/t19-,20-,22-,26-/m0/s1. The highest BCUT2D eigenvalue weighted by atomic mass is 16.7. The summed E-state index contributed by atoms with van der Waals surface area (Å²) < 4.78 is 32.9. The number of cyclic esters (lactones) is 1. The molecule has 11 heteroatoms. The zero-order valence-corrected chi connectivity index (χ0v) is 23.4. The Bertz CT molecular complexity index is 1110. The Hall–Kier alpha value is -3.86. The van der Waals surface area contributed by atoms with E-state index < -0.39 is 36.8 Å². The fourth-order valence-electron chi connectivity index (χ4n) is 4.50. The van der Waals surface area contributed by atoms with E-state index in [0.29, 0.717) is 25.2 Å². The van der Waals surface area contributed by atoms with Crippen LogP contribution < -0.4 is 19.5 Å². The third-order valence-corrected chi connectivity index (χ3v) is 6.58. The summed E-state index contributed by atoms with van der Waals surface area (Å²) in [5, 5.41) is 2.74. The molecule has 40 heavy (non-hydrogen) atoms. The highest BCUT2D eigenvalue weighted by Gasteiger charge is 2.35. The number of rotatable bonds is 12. The highest BCUT2D eigenvalue weighted by Crippen LogP contribution is 2.31. The van der Waals surface area contributed by atoms with E-state index in [1.54, 1.807) is 13.8 Å². The summed E-state index contributed by atoms with van der Waals surface area (Å²) in [5.74, 6) is -0.807. The van der Waals surface area contributed by atoms with E-state index in [-0.39, 0.29) is 35.8 Å². The van der Waals surface area contributed by atoms with Gasteiger partial charge in [-0.3, -0.25) is 4.79 Å². The molecule has 4 atom stereocenters. The van der Waals surface area contributed by atoms with Gasteiger partial charge in [0.15, 0.2) is 17.2 Å². The molecular formula is C29H38N2O9. The fraction of sp³-hybridized carbons (Fsp3) is 0.517. The first-order valence-electron chi connectivity index (χ1n) is 13.5. The average molecular weight is 559 g/mol. The number of hydrogen-bond donors (Lipinski definition) is 1. The van der Waals surface area contributed by atoms with Crippen LogP contribution in [0.2, 0.25) is 0 Å². The van der Waals surface area contributed by atoms with E-state index in [2.05, 4.69) is 17.2 Å². The van der Waals surface area contributed by atoms with Crippen LogP contribution in [0.5, 0.6) is 17.2 Å². The number of ether oxygens (including phenoxy) is 6. The van der Waals surface area contributed by atoms with Crippen LogP contribution in [-0.2, 0) is 23.8 Å². The molecule has 0 bridgehead atoms. The predicted octanol–water partition coefficient (Wildman–Crippen LogP) is 3.69. The van der Waals surface area contributed by atoms with Gasteiger partial charge < -0.3 is 33.7 Å². The number of nitrogens with one attached hydrogen (secondary N) is 1. The second-order valence-corrected chi connectivity index (χ2v) is 9.27. The van der Waals surface area contributed by atoms with Crippen LogP contribution in [-0.4, -0.2) is 68.2 Å². The number of carbonyl (C=O) groups is 3. The number of carbonyl (C=O) groups excluding carboxylic acids is 3. The zero-order valence-electron chi connectivity index (χ0n) is 23.4. The van der Waals surface area contributed by atoms with Crippen LogP contribution in [0.3, 0.4) is 0 Å². The zero-order chi connectivity index (χ0) is 28.9. The quantitative estimate of drug-likeness (QED) is 0.304. The van der Waals surface area contributed by atoms with E-state index in [0.717, 1.165) is 12.8 Å². The first kappa shape index (κ1) is 30.7. The minimum absolute atomic E-state index is 0.0288. The maximum atomic E-state index is 13.3. The molecule has 1 N–H and O–H groups in total. The van der Waals surface area contributed by atoms with Gasteiger partial charge in [0, 0.05) is 18.9 Å². The molecule has 3 rings (SSSR count). The van der Waals surface area contributed by atoms with Crippen molar-refractivity contribution in [3.05, 3.63) is 48.3 Å². The van der Waals surface area contributed by atoms with Crippen molar-refractivity contribution in [3.63, 3.8) is 0 Å². The molecule has 0 aliphatic carbocycles. The second kappa shape index (κ2) is 15.7. The SMILES string of the molecule is CCOCC(=O)OCOc1c(OC)ccnc1C(=O)N[C@H]1CCC[C@H](CC)[C@@H](Oc2ccccc2)[C@H](C)OC1=O. The Morgan fingerprint density at radius 3 is 2.60 bits per heavy atom. The molecule has 218 valence electrons. The van der Waals surface area contributed by atoms with Crippen molar-refractivity contribution >= 4 is 17.8 Å². The Labute approximate surface area is 234 Å². The maximum absolute atomic E-state index is 13.3. The van der Waals surface area contributed by atoms with Crippen LogP contribution in [0.15, 0.2) is 42.6 Å². The van der Waals surface area contributed by atoms with Crippen molar-refractivity contribution in [1.29, 1.82) is 0 Å². The molecule has 2 heterocycles. The number of nitrogens with zero attached hydrogens (tertiary/aromatic N) is 1. The number of para-hydroxylation sites is 1. The van der Waals surface area contributed by atoms with E-state index in [1.807, 2.05) is 30.3 Å². The Morgan fingerprint density at radius 1 is 1.12 bits per heavy atom. The summed E-state index contributed by atoms with van der Waals surface area (Å²) in [6.07, 6.45) is 3.18. The van der Waals surface area contributed by atoms with Crippen LogP contribution in [0, 0.1) is 5.92 Å². The maximum Gasteiger partial charge on any atom is 0.334 e. The number of hydrogen-bond acceptors (Lipinski definition) is 10. The Morgan fingerprint density at radius 2 is 1.90 bits per heavy atom. The molecule has 0 saturated carbocycles. The van der Waals surface area contributed by atoms with Crippen molar-refractivity contribution in [1.82, 2.24) is 10.3 Å². The monoisotopic (exact) mass is 558 g/mol. The van der Waals surface area contributed by atoms with Gasteiger partial charge in [0.05, 0.1) is 7.11 Å². The van der Waals surface area contributed by atoms with Gasteiger partial charge in [0.25, 0.3) is 5.91 Å². The van der Waals surface area contributed by atoms with E-state index in [1.165, 1.54) is 19.4 Å². The van der Waals surface area contributed by atoms with Gasteiger partial charge in [-0.05, 0) is 51.2 Å². The first-order chi connectivity index (χ1) is 19.4. The smallest absolute Gasteiger partial charge is 0.334 e. The molecule has 1 aliphatic rings. The minimum atomic E-state index is -0.909. The van der Waals surface area contributed by atoms with Crippen molar-refractivity contribution in [2.24, 2.45) is 5.92 Å². The van der Waals surface area contributed by atoms with Gasteiger partial charge in [-0.2, -0.15) is 0 Å². The third-order valence-electron chi connectivity index (χ3n) is 6.58. The molecule has 2 aromatic rings. The summed E-state index contributed by atoms with van der Waals surface area (Å²) in [7, 11) is 1.40. The molecule has 1 saturated heterocycles. The molecule has 0 radical (unpaired) electrons. The van der Waals surface area contributed by atoms with Crippen LogP contribution in [0.1, 0.15) is 56.9 Å². The molecule has 1 amide bonds. The number of benzene rings is 1. The van der Waals surface area contributed by atoms with Crippen LogP contribution >= 0.6 is 0 Å². The lowest BCUT2D eigenvalue weighted by molar-refractivity contribution is -0.156. The van der Waals surface area contributed by atoms with Gasteiger partial charge in [0.2, 0.25) is 6.79 Å². The van der Waals surface area contributed by atoms with E-state index >= 15 is 0 Å². The largest absolute Gasteiger partial charge is 0.493 e. The molecule has 0 spiro atoms. The first-order valence-corrected chi connectivity index (χ1v) is 13.5. The summed E-state index contributed by atoms with van der Waals surface area (Å²) in [6.45, 7) is 5.29. The van der Waals surface area contributed by atoms with Crippen molar-refractivity contribution < 1.29 is 42.8 Å². The van der Waals surface area contributed by atoms with E-state index in [4.69, 9.17) is 28.4 Å². The normalized spacial score (nSPS) is 21.1. The van der Waals surface area contributed by atoms with Gasteiger partial charge in [-0.25, -0.2) is 14.6 Å². The number of methoxy groups -OCH3 is 1. The lowest BCUT2D eigenvalue weighted by Gasteiger charge is -2.31. The Kier molecular flexibility index (Phi) is 12.0. The average Bonchev–Trinajstić information content (AvgIpc) is 3.01. The molecular weight excluding hydrogens is 520 g/mol. The summed E-state index contributed by atoms with van der Waals surface area (Å²) in [5.41, 5.74) is -0.127. The van der Waals surface area contributed by atoms with Gasteiger partial charge in [0.1, 0.15) is 30.6 Å². The topological polar surface area (TPSA) is 132 Å². The molecule has 11 nitrogen and oxygen atoms in total. The van der Waals surface area contributed by atoms with Crippen molar-refractivity contribution in [3.8, 4) is 17.2 Å². The van der Waals surface area contributed by atoms with Crippen molar-refractivity contribution in [2.45, 2.75) is 64.7 Å². The summed E-state index contributed by atoms with van der Waals surface area (Å²) >= 11 is 0. The molecule has 0 unspecified atom stereocenters. The lowest BCUT2D eigenvalue weighted by atomic mass is 9.90. The number of aromatic nitrogens is 1. The number of pyridine rings is 1. The van der Waals surface area contributed by atoms with Gasteiger partial charge in [-0.1, -0.05) is 31.5 Å². The molecule has 1 aromatic carbocycles. The summed E-state index contributed by atoms with van der Waals surface area (Å²) in [6, 6.07) is 10.0. The van der Waals surface area contributed by atoms with Crippen LogP contribution in [0.4, 0.5) is 0 Å². The second-order valence-electron chi connectivity index (χ2n) is 9.27. The predicted molar refractivity (Wildman–Crippen MR) is 144 cm³/mol. The number of esters is 2. The van der Waals surface area contributed by atoms with Gasteiger partial charge >= 0.3 is 11.9 Å². The van der Waals surface area contributed by atoms with Crippen molar-refractivity contribution in [2.75, 3.05) is 27.1 Å². The third kappa shape index (κ3) is 8.57. The summed E-state index contributed by atoms with van der Waals surface area (Å²) in [4.78, 5) is 42.4. The Balaban J connectivity index is 1.72. The molecule has 1 fully saturated rings.